The minimum absolute atomic E-state index is 0.125. The Bertz CT molecular complexity index is 1170. The fourth-order valence-corrected chi connectivity index (χ4v) is 3.96. The number of hydrogen-bond donors (Lipinski definition) is 2. The van der Waals surface area contributed by atoms with Crippen molar-refractivity contribution < 1.29 is 18.4 Å². The summed E-state index contributed by atoms with van der Waals surface area (Å²) < 4.78 is 27.9. The lowest BCUT2D eigenvalue weighted by atomic mass is 10.1. The topological polar surface area (TPSA) is 100 Å². The quantitative estimate of drug-likeness (QED) is 0.604. The average Bonchev–Trinajstić information content (AvgIpc) is 3.39. The van der Waals surface area contributed by atoms with E-state index in [1.54, 1.807) is 18.7 Å². The monoisotopic (exact) mass is 458 g/mol. The van der Waals surface area contributed by atoms with Crippen molar-refractivity contribution in [3.8, 4) is 0 Å². The van der Waals surface area contributed by atoms with E-state index in [9.17, 15) is 18.4 Å². The molecule has 2 N–H and O–H groups in total. The Morgan fingerprint density at radius 3 is 2.53 bits per heavy atom. The molecule has 4 rings (SSSR count). The van der Waals surface area contributed by atoms with Crippen LogP contribution >= 0.6 is 11.3 Å². The number of carbonyl (C=O) groups is 2. The number of carbonyl (C=O) groups excluding carboxylic acids is 2. The van der Waals surface area contributed by atoms with E-state index in [4.69, 9.17) is 0 Å². The van der Waals surface area contributed by atoms with Gasteiger partial charge in [0.1, 0.15) is 22.7 Å². The van der Waals surface area contributed by atoms with Crippen LogP contribution in [0.4, 0.5) is 26.1 Å². The van der Waals surface area contributed by atoms with E-state index in [1.807, 2.05) is 0 Å². The summed E-state index contributed by atoms with van der Waals surface area (Å²) in [5, 5.41) is 5.93. The maximum absolute atomic E-state index is 14.5. The van der Waals surface area contributed by atoms with Gasteiger partial charge in [0.15, 0.2) is 5.82 Å². The molecule has 2 amide bonds. The Morgan fingerprint density at radius 2 is 1.91 bits per heavy atom. The van der Waals surface area contributed by atoms with Gasteiger partial charge in [-0.3, -0.25) is 9.59 Å². The molecule has 166 valence electrons. The number of hydrogen-bond acceptors (Lipinski definition) is 7. The molecular formula is C21H20F2N6O2S. The molecule has 1 fully saturated rings. The first-order valence-corrected chi connectivity index (χ1v) is 10.7. The zero-order chi connectivity index (χ0) is 22.8. The lowest BCUT2D eigenvalue weighted by Crippen LogP contribution is -2.22. The van der Waals surface area contributed by atoms with Crippen LogP contribution in [0.25, 0.3) is 0 Å². The Kier molecular flexibility index (Phi) is 6.08. The van der Waals surface area contributed by atoms with Gasteiger partial charge in [-0.1, -0.05) is 0 Å². The van der Waals surface area contributed by atoms with Crippen LogP contribution in [0.5, 0.6) is 0 Å². The molecule has 0 unspecified atom stereocenters. The van der Waals surface area contributed by atoms with Crippen LogP contribution in [0.3, 0.4) is 0 Å². The number of aryl methyl sites for hydroxylation is 2. The summed E-state index contributed by atoms with van der Waals surface area (Å²) >= 11 is 1.23. The molecular weight excluding hydrogens is 438 g/mol. The van der Waals surface area contributed by atoms with Gasteiger partial charge in [-0.15, -0.1) is 11.3 Å². The van der Waals surface area contributed by atoms with Crippen LogP contribution in [-0.4, -0.2) is 46.0 Å². The number of aromatic nitrogens is 3. The second-order valence-electron chi connectivity index (χ2n) is 7.39. The lowest BCUT2D eigenvalue weighted by molar-refractivity contribution is 0.101. The fourth-order valence-electron chi connectivity index (χ4n) is 3.29. The highest BCUT2D eigenvalue weighted by Crippen LogP contribution is 2.24. The van der Waals surface area contributed by atoms with Crippen molar-refractivity contribution >= 4 is 40.5 Å². The smallest absolute Gasteiger partial charge is 0.267 e. The number of halogens is 2. The summed E-state index contributed by atoms with van der Waals surface area (Å²) in [5.41, 5.74) is 0.524. The Balaban J connectivity index is 1.48. The highest BCUT2D eigenvalue weighted by atomic mass is 32.1. The molecule has 0 bridgehead atoms. The molecule has 0 spiro atoms. The minimum Gasteiger partial charge on any atom is -0.352 e. The Hall–Kier alpha value is -3.47. The standard InChI is InChI=1S/C21H20F2N6O2S/c1-11-5-15(23)14(6-16(11)27-21(31)17-7-24-12(2)32-17)20(30)28-18-8-26-19(9-25-18)29-4-3-13(22)10-29/h5-9,13H,3-4,10H2,1-2H3,(H,27,31)(H,25,28,30)/t13-/m1/s1. The lowest BCUT2D eigenvalue weighted by Gasteiger charge is -2.16. The molecule has 32 heavy (non-hydrogen) atoms. The van der Waals surface area contributed by atoms with Crippen molar-refractivity contribution in [1.29, 1.82) is 0 Å². The van der Waals surface area contributed by atoms with E-state index in [2.05, 4.69) is 25.6 Å². The summed E-state index contributed by atoms with van der Waals surface area (Å²) in [4.78, 5) is 39.6. The first-order chi connectivity index (χ1) is 15.3. The van der Waals surface area contributed by atoms with Crippen molar-refractivity contribution in [3.63, 3.8) is 0 Å². The van der Waals surface area contributed by atoms with Crippen LogP contribution in [0.2, 0.25) is 0 Å². The minimum atomic E-state index is -0.893. The number of alkyl halides is 1. The van der Waals surface area contributed by atoms with E-state index >= 15 is 0 Å². The molecule has 2 aromatic heterocycles. The molecule has 8 nitrogen and oxygen atoms in total. The summed E-state index contributed by atoms with van der Waals surface area (Å²) in [6.07, 6.45) is 3.77. The van der Waals surface area contributed by atoms with Crippen molar-refractivity contribution in [2.75, 3.05) is 28.6 Å². The predicted octanol–water partition coefficient (Wildman–Crippen LogP) is 3.74. The van der Waals surface area contributed by atoms with Crippen molar-refractivity contribution in [1.82, 2.24) is 15.0 Å². The molecule has 1 saturated heterocycles. The van der Waals surface area contributed by atoms with Crippen LogP contribution in [-0.2, 0) is 0 Å². The molecule has 1 aliphatic heterocycles. The Morgan fingerprint density at radius 1 is 1.09 bits per heavy atom. The van der Waals surface area contributed by atoms with Crippen LogP contribution in [0, 0.1) is 19.7 Å². The third kappa shape index (κ3) is 4.72. The molecule has 1 aliphatic rings. The van der Waals surface area contributed by atoms with E-state index in [0.717, 1.165) is 5.01 Å². The molecule has 0 radical (unpaired) electrons. The fraction of sp³-hybridized carbons (Fsp3) is 0.286. The zero-order valence-electron chi connectivity index (χ0n) is 17.4. The van der Waals surface area contributed by atoms with Gasteiger partial charge in [0.05, 0.1) is 35.7 Å². The van der Waals surface area contributed by atoms with E-state index in [0.29, 0.717) is 34.9 Å². The molecule has 0 saturated carbocycles. The number of rotatable bonds is 5. The number of thiazole rings is 1. The molecule has 1 aromatic carbocycles. The van der Waals surface area contributed by atoms with Gasteiger partial charge in [-0.2, -0.15) is 0 Å². The SMILES string of the molecule is Cc1ncc(C(=O)Nc2cc(C(=O)Nc3cnc(N4CC[C@@H](F)C4)cn3)c(F)cc2C)s1. The molecule has 3 aromatic rings. The van der Waals surface area contributed by atoms with Gasteiger partial charge in [0.2, 0.25) is 0 Å². The second-order valence-corrected chi connectivity index (χ2v) is 8.63. The van der Waals surface area contributed by atoms with E-state index in [-0.39, 0.29) is 17.9 Å². The van der Waals surface area contributed by atoms with Gasteiger partial charge in [-0.25, -0.2) is 23.7 Å². The third-order valence-electron chi connectivity index (χ3n) is 4.99. The van der Waals surface area contributed by atoms with Gasteiger partial charge >= 0.3 is 0 Å². The maximum Gasteiger partial charge on any atom is 0.267 e. The average molecular weight is 458 g/mol. The zero-order valence-corrected chi connectivity index (χ0v) is 18.2. The van der Waals surface area contributed by atoms with Crippen molar-refractivity contribution in [2.45, 2.75) is 26.4 Å². The second kappa shape index (κ2) is 8.95. The van der Waals surface area contributed by atoms with Crippen LogP contribution in [0.1, 0.15) is 37.0 Å². The van der Waals surface area contributed by atoms with Gasteiger partial charge < -0.3 is 15.5 Å². The number of nitrogens with zero attached hydrogens (tertiary/aromatic N) is 4. The van der Waals surface area contributed by atoms with E-state index in [1.165, 1.54) is 42.1 Å². The normalized spacial score (nSPS) is 15.6. The summed E-state index contributed by atoms with van der Waals surface area (Å²) in [5.74, 6) is -1.23. The first-order valence-electron chi connectivity index (χ1n) is 9.86. The van der Waals surface area contributed by atoms with E-state index < -0.39 is 23.8 Å². The summed E-state index contributed by atoms with van der Waals surface area (Å²) in [6.45, 7) is 4.21. The number of anilines is 3. The molecule has 3 heterocycles. The van der Waals surface area contributed by atoms with Gasteiger partial charge in [-0.05, 0) is 38.0 Å². The Labute approximate surface area is 186 Å². The van der Waals surface area contributed by atoms with Crippen LogP contribution < -0.4 is 15.5 Å². The number of benzene rings is 1. The third-order valence-corrected chi connectivity index (χ3v) is 5.90. The van der Waals surface area contributed by atoms with Crippen molar-refractivity contribution in [2.24, 2.45) is 0 Å². The van der Waals surface area contributed by atoms with Crippen LogP contribution in [0.15, 0.2) is 30.7 Å². The number of nitrogens with one attached hydrogen (secondary N) is 2. The van der Waals surface area contributed by atoms with Gasteiger partial charge in [0.25, 0.3) is 11.8 Å². The highest BCUT2D eigenvalue weighted by Gasteiger charge is 2.23. The van der Waals surface area contributed by atoms with Gasteiger partial charge in [0, 0.05) is 12.2 Å². The predicted molar refractivity (Wildman–Crippen MR) is 118 cm³/mol. The number of amides is 2. The molecule has 1 atom stereocenters. The highest BCUT2D eigenvalue weighted by molar-refractivity contribution is 7.13. The summed E-state index contributed by atoms with van der Waals surface area (Å²) in [7, 11) is 0. The molecule has 0 aliphatic carbocycles. The van der Waals surface area contributed by atoms with Crippen molar-refractivity contribution in [3.05, 3.63) is 57.6 Å². The summed E-state index contributed by atoms with van der Waals surface area (Å²) in [6, 6.07) is 2.46. The molecule has 11 heteroatoms. The first kappa shape index (κ1) is 21.8. The largest absolute Gasteiger partial charge is 0.352 e. The maximum atomic E-state index is 14.5.